The Morgan fingerprint density at radius 1 is 1.32 bits per heavy atom. The molecule has 2 aliphatic rings. The van der Waals surface area contributed by atoms with Crippen LogP contribution in [-0.2, 0) is 6.54 Å². The first-order valence-corrected chi connectivity index (χ1v) is 8.38. The van der Waals surface area contributed by atoms with E-state index in [1.165, 1.54) is 12.8 Å². The maximum absolute atomic E-state index is 12.3. The number of nitrogens with zero attached hydrogens (tertiary/aromatic N) is 3. The lowest BCUT2D eigenvalue weighted by Crippen LogP contribution is -2.52. The second-order valence-corrected chi connectivity index (χ2v) is 6.61. The number of rotatable bonds is 5. The van der Waals surface area contributed by atoms with Gasteiger partial charge in [-0.1, -0.05) is 18.9 Å². The SMILES string of the molecule is C[C@H](CC1CC1)NC(=O)N1CCN(Cc2ccccn2)CC1. The monoisotopic (exact) mass is 302 g/mol. The molecule has 2 amide bonds. The van der Waals surface area contributed by atoms with E-state index >= 15 is 0 Å². The van der Waals surface area contributed by atoms with Crippen LogP contribution in [0.1, 0.15) is 31.9 Å². The number of piperazine rings is 1. The van der Waals surface area contributed by atoms with Gasteiger partial charge in [0.2, 0.25) is 0 Å². The van der Waals surface area contributed by atoms with Crippen LogP contribution >= 0.6 is 0 Å². The fraction of sp³-hybridized carbons (Fsp3) is 0.647. The highest BCUT2D eigenvalue weighted by Crippen LogP contribution is 2.33. The molecule has 1 N–H and O–H groups in total. The van der Waals surface area contributed by atoms with Crippen LogP contribution in [0.4, 0.5) is 4.79 Å². The molecule has 1 saturated heterocycles. The van der Waals surface area contributed by atoms with Gasteiger partial charge in [-0.25, -0.2) is 4.79 Å². The third kappa shape index (κ3) is 4.44. The lowest BCUT2D eigenvalue weighted by atomic mass is 10.1. The Hall–Kier alpha value is -1.62. The molecular formula is C17H26N4O. The van der Waals surface area contributed by atoms with Crippen LogP contribution in [0.5, 0.6) is 0 Å². The van der Waals surface area contributed by atoms with Gasteiger partial charge in [-0.15, -0.1) is 0 Å². The Bertz CT molecular complexity index is 481. The molecular weight excluding hydrogens is 276 g/mol. The van der Waals surface area contributed by atoms with E-state index in [-0.39, 0.29) is 6.03 Å². The van der Waals surface area contributed by atoms with Crippen molar-refractivity contribution < 1.29 is 4.79 Å². The van der Waals surface area contributed by atoms with Crippen molar-refractivity contribution in [3.63, 3.8) is 0 Å². The van der Waals surface area contributed by atoms with Crippen molar-refractivity contribution in [2.75, 3.05) is 26.2 Å². The quantitative estimate of drug-likeness (QED) is 0.906. The molecule has 1 aromatic heterocycles. The van der Waals surface area contributed by atoms with Crippen LogP contribution in [0.3, 0.4) is 0 Å². The van der Waals surface area contributed by atoms with Gasteiger partial charge in [0.1, 0.15) is 0 Å². The number of carbonyl (C=O) groups excluding carboxylic acids is 1. The summed E-state index contributed by atoms with van der Waals surface area (Å²) in [7, 11) is 0. The zero-order valence-electron chi connectivity index (χ0n) is 13.4. The Morgan fingerprint density at radius 2 is 2.09 bits per heavy atom. The average molecular weight is 302 g/mol. The molecule has 0 unspecified atom stereocenters. The zero-order chi connectivity index (χ0) is 15.4. The maximum Gasteiger partial charge on any atom is 0.317 e. The highest BCUT2D eigenvalue weighted by Gasteiger charge is 2.26. The summed E-state index contributed by atoms with van der Waals surface area (Å²) in [6.07, 6.45) is 5.64. The Balaban J connectivity index is 1.39. The van der Waals surface area contributed by atoms with Crippen molar-refractivity contribution in [3.8, 4) is 0 Å². The number of carbonyl (C=O) groups is 1. The molecule has 3 rings (SSSR count). The molecule has 22 heavy (non-hydrogen) atoms. The minimum atomic E-state index is 0.102. The Morgan fingerprint density at radius 3 is 2.73 bits per heavy atom. The fourth-order valence-corrected chi connectivity index (χ4v) is 3.04. The number of nitrogens with one attached hydrogen (secondary N) is 1. The van der Waals surface area contributed by atoms with Crippen molar-refractivity contribution in [1.82, 2.24) is 20.1 Å². The predicted octanol–water partition coefficient (Wildman–Crippen LogP) is 2.10. The van der Waals surface area contributed by atoms with Crippen molar-refractivity contribution in [3.05, 3.63) is 30.1 Å². The summed E-state index contributed by atoms with van der Waals surface area (Å²) in [5.41, 5.74) is 1.10. The number of hydrogen-bond donors (Lipinski definition) is 1. The summed E-state index contributed by atoms with van der Waals surface area (Å²) in [5.74, 6) is 0.852. The normalized spacial score (nSPS) is 20.7. The summed E-state index contributed by atoms with van der Waals surface area (Å²) in [6, 6.07) is 6.41. The van der Waals surface area contributed by atoms with Gasteiger partial charge in [-0.3, -0.25) is 9.88 Å². The molecule has 1 atom stereocenters. The fourth-order valence-electron chi connectivity index (χ4n) is 3.04. The van der Waals surface area contributed by atoms with Crippen LogP contribution in [0, 0.1) is 5.92 Å². The van der Waals surface area contributed by atoms with Gasteiger partial charge in [0.25, 0.3) is 0 Å². The standard InChI is InChI=1S/C17H26N4O/c1-14(12-15-5-6-15)19-17(22)21-10-8-20(9-11-21)13-16-4-2-3-7-18-16/h2-4,7,14-15H,5-6,8-13H2,1H3,(H,19,22)/t14-/m1/s1. The smallest absolute Gasteiger partial charge is 0.317 e. The van der Waals surface area contributed by atoms with Gasteiger partial charge in [-0.2, -0.15) is 0 Å². The molecule has 0 bridgehead atoms. The summed E-state index contributed by atoms with van der Waals surface area (Å²) in [5, 5.41) is 3.14. The van der Waals surface area contributed by atoms with Crippen LogP contribution in [0.25, 0.3) is 0 Å². The van der Waals surface area contributed by atoms with E-state index in [2.05, 4.69) is 28.2 Å². The Labute approximate surface area is 132 Å². The maximum atomic E-state index is 12.3. The number of pyridine rings is 1. The summed E-state index contributed by atoms with van der Waals surface area (Å²) >= 11 is 0. The molecule has 1 saturated carbocycles. The zero-order valence-corrected chi connectivity index (χ0v) is 13.4. The molecule has 1 aliphatic carbocycles. The van der Waals surface area contributed by atoms with Crippen LogP contribution in [0.15, 0.2) is 24.4 Å². The van der Waals surface area contributed by atoms with E-state index in [1.807, 2.05) is 23.2 Å². The van der Waals surface area contributed by atoms with Gasteiger partial charge in [0.15, 0.2) is 0 Å². The number of urea groups is 1. The molecule has 1 aliphatic heterocycles. The van der Waals surface area contributed by atoms with E-state index < -0.39 is 0 Å². The average Bonchev–Trinajstić information content (AvgIpc) is 3.32. The second-order valence-electron chi connectivity index (χ2n) is 6.61. The van der Waals surface area contributed by atoms with Crippen LogP contribution in [-0.4, -0.2) is 53.0 Å². The molecule has 2 heterocycles. The van der Waals surface area contributed by atoms with Crippen molar-refractivity contribution in [2.45, 2.75) is 38.8 Å². The van der Waals surface area contributed by atoms with Gasteiger partial charge in [0.05, 0.1) is 5.69 Å². The van der Waals surface area contributed by atoms with E-state index in [9.17, 15) is 4.79 Å². The molecule has 1 aromatic rings. The first-order chi connectivity index (χ1) is 10.7. The lowest BCUT2D eigenvalue weighted by molar-refractivity contribution is 0.132. The predicted molar refractivity (Wildman–Crippen MR) is 86.4 cm³/mol. The van der Waals surface area contributed by atoms with Gasteiger partial charge in [-0.05, 0) is 31.4 Å². The third-order valence-electron chi connectivity index (χ3n) is 4.52. The van der Waals surface area contributed by atoms with Crippen LogP contribution in [0.2, 0.25) is 0 Å². The molecule has 0 spiro atoms. The van der Waals surface area contributed by atoms with Crippen molar-refractivity contribution in [1.29, 1.82) is 0 Å². The third-order valence-corrected chi connectivity index (χ3v) is 4.52. The minimum absolute atomic E-state index is 0.102. The number of amides is 2. The molecule has 5 nitrogen and oxygen atoms in total. The number of aromatic nitrogens is 1. The highest BCUT2D eigenvalue weighted by molar-refractivity contribution is 5.74. The Kier molecular flexibility index (Phi) is 4.93. The van der Waals surface area contributed by atoms with E-state index in [0.29, 0.717) is 6.04 Å². The van der Waals surface area contributed by atoms with Gasteiger partial charge >= 0.3 is 6.03 Å². The molecule has 5 heteroatoms. The van der Waals surface area contributed by atoms with E-state index in [0.717, 1.165) is 50.8 Å². The summed E-state index contributed by atoms with van der Waals surface area (Å²) in [6.45, 7) is 6.42. The molecule has 0 aromatic carbocycles. The number of hydrogen-bond acceptors (Lipinski definition) is 3. The summed E-state index contributed by atoms with van der Waals surface area (Å²) < 4.78 is 0. The minimum Gasteiger partial charge on any atom is -0.336 e. The van der Waals surface area contributed by atoms with E-state index in [4.69, 9.17) is 0 Å². The molecule has 2 fully saturated rings. The van der Waals surface area contributed by atoms with Crippen molar-refractivity contribution in [2.24, 2.45) is 5.92 Å². The second kappa shape index (κ2) is 7.09. The highest BCUT2D eigenvalue weighted by atomic mass is 16.2. The first kappa shape index (κ1) is 15.3. The van der Waals surface area contributed by atoms with Crippen molar-refractivity contribution >= 4 is 6.03 Å². The van der Waals surface area contributed by atoms with Crippen LogP contribution < -0.4 is 5.32 Å². The largest absolute Gasteiger partial charge is 0.336 e. The molecule has 0 radical (unpaired) electrons. The topological polar surface area (TPSA) is 48.5 Å². The van der Waals surface area contributed by atoms with E-state index in [1.54, 1.807) is 0 Å². The first-order valence-electron chi connectivity index (χ1n) is 8.38. The molecule has 120 valence electrons. The van der Waals surface area contributed by atoms with Gasteiger partial charge in [0, 0.05) is 45.0 Å². The lowest BCUT2D eigenvalue weighted by Gasteiger charge is -2.35. The van der Waals surface area contributed by atoms with Gasteiger partial charge < -0.3 is 10.2 Å². The summed E-state index contributed by atoms with van der Waals surface area (Å²) in [4.78, 5) is 20.9.